The number of nitrogens with zero attached hydrogens (tertiary/aromatic N) is 2. The zero-order valence-electron chi connectivity index (χ0n) is 17.4. The van der Waals surface area contributed by atoms with Gasteiger partial charge in [0.25, 0.3) is 0 Å². The normalized spacial score (nSPS) is 17.3. The number of phenols is 1. The van der Waals surface area contributed by atoms with Crippen LogP contribution in [0.1, 0.15) is 31.7 Å². The summed E-state index contributed by atoms with van der Waals surface area (Å²) in [4.78, 5) is 19.9. The van der Waals surface area contributed by atoms with Gasteiger partial charge in [-0.15, -0.1) is 11.3 Å². The first-order valence-corrected chi connectivity index (χ1v) is 11.5. The summed E-state index contributed by atoms with van der Waals surface area (Å²) in [5.74, 6) is 0.168. The SMILES string of the molecule is CC1CCCCN1Cc1c(O)ccc2cc(-c3nc(-c4ccccc4)cs3)c(=O)oc12. The van der Waals surface area contributed by atoms with Gasteiger partial charge in [-0.25, -0.2) is 9.78 Å². The third-order valence-corrected chi connectivity index (χ3v) is 6.96. The van der Waals surface area contributed by atoms with Crippen LogP contribution in [0.3, 0.4) is 0 Å². The molecule has 1 unspecified atom stereocenters. The molecule has 1 fully saturated rings. The summed E-state index contributed by atoms with van der Waals surface area (Å²) in [6, 6.07) is 15.7. The highest BCUT2D eigenvalue weighted by Crippen LogP contribution is 2.33. The van der Waals surface area contributed by atoms with Crippen LogP contribution >= 0.6 is 11.3 Å². The fourth-order valence-corrected chi connectivity index (χ4v) is 5.10. The van der Waals surface area contributed by atoms with Gasteiger partial charge >= 0.3 is 5.63 Å². The monoisotopic (exact) mass is 432 g/mol. The molecule has 1 atom stereocenters. The Kier molecular flexibility index (Phi) is 5.34. The van der Waals surface area contributed by atoms with Crippen molar-refractivity contribution >= 4 is 22.3 Å². The van der Waals surface area contributed by atoms with Crippen LogP contribution < -0.4 is 5.63 Å². The lowest BCUT2D eigenvalue weighted by Crippen LogP contribution is -2.36. The molecule has 1 aliphatic heterocycles. The van der Waals surface area contributed by atoms with Crippen LogP contribution in [-0.4, -0.2) is 27.6 Å². The Morgan fingerprint density at radius 1 is 1.19 bits per heavy atom. The molecule has 0 aliphatic carbocycles. The number of likely N-dealkylation sites (tertiary alicyclic amines) is 1. The minimum Gasteiger partial charge on any atom is -0.507 e. The van der Waals surface area contributed by atoms with Crippen molar-refractivity contribution in [3.05, 3.63) is 69.9 Å². The van der Waals surface area contributed by atoms with Gasteiger partial charge in [0, 0.05) is 28.9 Å². The van der Waals surface area contributed by atoms with Gasteiger partial charge < -0.3 is 9.52 Å². The Labute approximate surface area is 184 Å². The van der Waals surface area contributed by atoms with E-state index in [1.165, 1.54) is 17.8 Å². The van der Waals surface area contributed by atoms with Crippen molar-refractivity contribution in [2.24, 2.45) is 0 Å². The summed E-state index contributed by atoms with van der Waals surface area (Å²) < 4.78 is 5.78. The van der Waals surface area contributed by atoms with E-state index in [1.54, 1.807) is 12.1 Å². The number of phenolic OH excluding ortho intramolecular Hbond substituents is 1. The van der Waals surface area contributed by atoms with Gasteiger partial charge in [0.1, 0.15) is 16.3 Å². The molecule has 0 amide bonds. The minimum absolute atomic E-state index is 0.168. The number of piperidine rings is 1. The Morgan fingerprint density at radius 3 is 2.84 bits per heavy atom. The van der Waals surface area contributed by atoms with Crippen molar-refractivity contribution in [3.8, 4) is 27.6 Å². The number of rotatable bonds is 4. The van der Waals surface area contributed by atoms with Crippen LogP contribution in [-0.2, 0) is 6.54 Å². The lowest BCUT2D eigenvalue weighted by atomic mass is 10.0. The zero-order chi connectivity index (χ0) is 21.4. The van der Waals surface area contributed by atoms with Gasteiger partial charge in [-0.2, -0.15) is 0 Å². The number of benzene rings is 2. The predicted molar refractivity (Wildman–Crippen MR) is 124 cm³/mol. The van der Waals surface area contributed by atoms with Crippen LogP contribution in [0.15, 0.2) is 63.1 Å². The lowest BCUT2D eigenvalue weighted by molar-refractivity contribution is 0.151. The number of thiazole rings is 1. The molecule has 5 nitrogen and oxygen atoms in total. The van der Waals surface area contributed by atoms with Crippen molar-refractivity contribution in [3.63, 3.8) is 0 Å². The van der Waals surface area contributed by atoms with Crippen LogP contribution in [0.25, 0.3) is 32.8 Å². The third-order valence-electron chi connectivity index (χ3n) is 6.09. The van der Waals surface area contributed by atoms with E-state index in [0.717, 1.165) is 36.0 Å². The Bertz CT molecular complexity index is 1280. The standard InChI is InChI=1S/C25H24N2O3S/c1-16-7-5-6-12-27(16)14-20-22(28)11-10-18-13-19(25(29)30-23(18)20)24-26-21(15-31-24)17-8-3-2-4-9-17/h2-4,8-11,13,15-16,28H,5-7,12,14H2,1H3. The summed E-state index contributed by atoms with van der Waals surface area (Å²) in [7, 11) is 0. The van der Waals surface area contributed by atoms with Gasteiger partial charge in [0.2, 0.25) is 0 Å². The molecule has 2 aromatic heterocycles. The molecule has 5 rings (SSSR count). The largest absolute Gasteiger partial charge is 0.507 e. The average Bonchev–Trinajstić information content (AvgIpc) is 3.27. The second-order valence-electron chi connectivity index (χ2n) is 8.15. The smallest absolute Gasteiger partial charge is 0.346 e. The molecule has 1 aliphatic rings. The van der Waals surface area contributed by atoms with Gasteiger partial charge in [-0.3, -0.25) is 4.90 Å². The summed E-state index contributed by atoms with van der Waals surface area (Å²) in [5, 5.41) is 13.9. The van der Waals surface area contributed by atoms with E-state index >= 15 is 0 Å². The average molecular weight is 433 g/mol. The summed E-state index contributed by atoms with van der Waals surface area (Å²) in [6.45, 7) is 3.77. The van der Waals surface area contributed by atoms with Crippen molar-refractivity contribution < 1.29 is 9.52 Å². The molecule has 4 aromatic rings. The predicted octanol–water partition coefficient (Wildman–Crippen LogP) is 5.66. The van der Waals surface area contributed by atoms with Crippen LogP contribution in [0.2, 0.25) is 0 Å². The molecule has 31 heavy (non-hydrogen) atoms. The van der Waals surface area contributed by atoms with E-state index in [-0.39, 0.29) is 5.75 Å². The molecule has 3 heterocycles. The van der Waals surface area contributed by atoms with E-state index < -0.39 is 5.63 Å². The second kappa shape index (κ2) is 8.29. The third kappa shape index (κ3) is 3.89. The highest BCUT2D eigenvalue weighted by Gasteiger charge is 2.22. The first kappa shape index (κ1) is 20.0. The Morgan fingerprint density at radius 2 is 2.03 bits per heavy atom. The lowest BCUT2D eigenvalue weighted by Gasteiger charge is -2.33. The van der Waals surface area contributed by atoms with Crippen LogP contribution in [0, 0.1) is 0 Å². The molecule has 1 N–H and O–H groups in total. The fourth-order valence-electron chi connectivity index (χ4n) is 4.27. The van der Waals surface area contributed by atoms with Crippen molar-refractivity contribution in [1.82, 2.24) is 9.88 Å². The maximum Gasteiger partial charge on any atom is 0.346 e. The zero-order valence-corrected chi connectivity index (χ0v) is 18.2. The topological polar surface area (TPSA) is 66.6 Å². The molecular formula is C25H24N2O3S. The van der Waals surface area contributed by atoms with E-state index in [4.69, 9.17) is 4.42 Å². The maximum atomic E-state index is 12.9. The Hall–Kier alpha value is -2.96. The highest BCUT2D eigenvalue weighted by molar-refractivity contribution is 7.13. The molecular weight excluding hydrogens is 408 g/mol. The number of aromatic hydroxyl groups is 1. The van der Waals surface area contributed by atoms with Crippen molar-refractivity contribution in [2.75, 3.05) is 6.54 Å². The highest BCUT2D eigenvalue weighted by atomic mass is 32.1. The molecule has 0 bridgehead atoms. The number of hydrogen-bond donors (Lipinski definition) is 1. The quantitative estimate of drug-likeness (QED) is 0.421. The van der Waals surface area contributed by atoms with Crippen molar-refractivity contribution in [2.45, 2.75) is 38.8 Å². The second-order valence-corrected chi connectivity index (χ2v) is 9.01. The number of hydrogen-bond acceptors (Lipinski definition) is 6. The Balaban J connectivity index is 1.54. The van der Waals surface area contributed by atoms with E-state index in [2.05, 4.69) is 16.8 Å². The maximum absolute atomic E-state index is 12.9. The molecule has 158 valence electrons. The molecule has 0 radical (unpaired) electrons. The van der Waals surface area contributed by atoms with Gasteiger partial charge in [0.15, 0.2) is 0 Å². The summed E-state index contributed by atoms with van der Waals surface area (Å²) in [5.41, 5.74) is 3.01. The molecule has 1 saturated heterocycles. The first-order valence-electron chi connectivity index (χ1n) is 10.6. The van der Waals surface area contributed by atoms with Gasteiger partial charge in [-0.1, -0.05) is 36.8 Å². The number of aromatic nitrogens is 1. The molecule has 0 saturated carbocycles. The van der Waals surface area contributed by atoms with E-state index in [9.17, 15) is 9.90 Å². The summed E-state index contributed by atoms with van der Waals surface area (Å²) >= 11 is 1.43. The van der Waals surface area contributed by atoms with Gasteiger partial charge in [0.05, 0.1) is 16.8 Å². The van der Waals surface area contributed by atoms with Gasteiger partial charge in [-0.05, 0) is 44.5 Å². The van der Waals surface area contributed by atoms with E-state index in [0.29, 0.717) is 34.3 Å². The first-order chi connectivity index (χ1) is 15.1. The fraction of sp³-hybridized carbons (Fsp3) is 0.280. The van der Waals surface area contributed by atoms with E-state index in [1.807, 2.05) is 41.8 Å². The van der Waals surface area contributed by atoms with Crippen molar-refractivity contribution in [1.29, 1.82) is 0 Å². The molecule has 2 aromatic carbocycles. The number of fused-ring (bicyclic) bond motifs is 1. The summed E-state index contributed by atoms with van der Waals surface area (Å²) in [6.07, 6.45) is 3.53. The molecule has 0 spiro atoms. The minimum atomic E-state index is -0.431. The molecule has 6 heteroatoms. The van der Waals surface area contributed by atoms with Crippen LogP contribution in [0.4, 0.5) is 0 Å². The van der Waals surface area contributed by atoms with Crippen LogP contribution in [0.5, 0.6) is 5.75 Å².